The molecule has 0 aromatic rings. The molecule has 1 N–H and O–H groups in total. The van der Waals surface area contributed by atoms with Gasteiger partial charge in [0.1, 0.15) is 0 Å². The van der Waals surface area contributed by atoms with Crippen LogP contribution in [0.5, 0.6) is 0 Å². The van der Waals surface area contributed by atoms with Crippen molar-refractivity contribution in [1.82, 2.24) is 10.2 Å². The van der Waals surface area contributed by atoms with Crippen molar-refractivity contribution in [1.29, 1.82) is 0 Å². The summed E-state index contributed by atoms with van der Waals surface area (Å²) in [6.45, 7) is 5.42. The third-order valence-corrected chi connectivity index (χ3v) is 3.25. The summed E-state index contributed by atoms with van der Waals surface area (Å²) in [5.41, 5.74) is 0. The van der Waals surface area contributed by atoms with Crippen LogP contribution in [0.15, 0.2) is 0 Å². The quantitative estimate of drug-likeness (QED) is 0.731. The molecule has 0 radical (unpaired) electrons. The first-order chi connectivity index (χ1) is 8.02. The zero-order valence-corrected chi connectivity index (χ0v) is 10.9. The van der Waals surface area contributed by atoms with Crippen molar-refractivity contribution in [2.24, 2.45) is 0 Å². The number of nitrogens with one attached hydrogen (secondary N) is 1. The fourth-order valence-corrected chi connectivity index (χ4v) is 2.23. The van der Waals surface area contributed by atoms with Crippen LogP contribution >= 0.6 is 0 Å². The van der Waals surface area contributed by atoms with E-state index in [-0.39, 0.29) is 24.0 Å². The number of rotatable bonds is 4. The van der Waals surface area contributed by atoms with Crippen LogP contribution in [0.25, 0.3) is 0 Å². The van der Waals surface area contributed by atoms with Crippen LogP contribution in [-0.4, -0.2) is 49.1 Å². The predicted octanol–water partition coefficient (Wildman–Crippen LogP) is 0.539. The monoisotopic (exact) mass is 242 g/mol. The molecule has 0 bridgehead atoms. The predicted molar refractivity (Wildman–Crippen MR) is 64.5 cm³/mol. The van der Waals surface area contributed by atoms with Gasteiger partial charge in [0.2, 0.25) is 5.91 Å². The van der Waals surface area contributed by atoms with Gasteiger partial charge in [-0.3, -0.25) is 14.5 Å². The van der Waals surface area contributed by atoms with Gasteiger partial charge in [-0.1, -0.05) is 0 Å². The van der Waals surface area contributed by atoms with Gasteiger partial charge in [-0.25, -0.2) is 0 Å². The lowest BCUT2D eigenvalue weighted by Crippen LogP contribution is -2.47. The summed E-state index contributed by atoms with van der Waals surface area (Å²) in [5.74, 6) is -0.132. The van der Waals surface area contributed by atoms with Gasteiger partial charge < -0.3 is 10.1 Å². The van der Waals surface area contributed by atoms with Crippen molar-refractivity contribution in [3.8, 4) is 0 Å². The smallest absolute Gasteiger partial charge is 0.307 e. The van der Waals surface area contributed by atoms with E-state index in [0.717, 1.165) is 25.9 Å². The van der Waals surface area contributed by atoms with Crippen molar-refractivity contribution in [3.63, 3.8) is 0 Å². The first-order valence-corrected chi connectivity index (χ1v) is 6.11. The minimum atomic E-state index is -0.165. The van der Waals surface area contributed by atoms with E-state index in [1.54, 1.807) is 6.92 Å². The molecule has 17 heavy (non-hydrogen) atoms. The highest BCUT2D eigenvalue weighted by atomic mass is 16.5. The molecule has 1 aliphatic heterocycles. The fraction of sp³-hybridized carbons (Fsp3) is 0.833. The summed E-state index contributed by atoms with van der Waals surface area (Å²) < 4.78 is 4.66. The molecule has 1 unspecified atom stereocenters. The van der Waals surface area contributed by atoms with Crippen LogP contribution < -0.4 is 5.32 Å². The second kappa shape index (κ2) is 6.59. The molecular weight excluding hydrogens is 220 g/mol. The zero-order valence-electron chi connectivity index (χ0n) is 10.9. The van der Waals surface area contributed by atoms with Crippen molar-refractivity contribution < 1.29 is 14.3 Å². The second-order valence-electron chi connectivity index (χ2n) is 4.64. The number of ether oxygens (including phenoxy) is 1. The van der Waals surface area contributed by atoms with Gasteiger partial charge in [0, 0.05) is 32.1 Å². The number of methoxy groups -OCH3 is 1. The molecule has 0 aromatic carbocycles. The Morgan fingerprint density at radius 2 is 2.00 bits per heavy atom. The Hall–Kier alpha value is -1.10. The molecule has 0 aliphatic carbocycles. The largest absolute Gasteiger partial charge is 0.469 e. The molecule has 1 atom stereocenters. The summed E-state index contributed by atoms with van der Waals surface area (Å²) in [7, 11) is 1.41. The fourth-order valence-electron chi connectivity index (χ4n) is 2.23. The number of likely N-dealkylation sites (tertiary alicyclic amines) is 1. The lowest BCUT2D eigenvalue weighted by atomic mass is 10.0. The van der Waals surface area contributed by atoms with Crippen LogP contribution in [0.2, 0.25) is 0 Å². The van der Waals surface area contributed by atoms with E-state index in [1.165, 1.54) is 7.11 Å². The van der Waals surface area contributed by atoms with Crippen LogP contribution in [0.1, 0.15) is 33.1 Å². The minimum absolute atomic E-state index is 0.0334. The average Bonchev–Trinajstić information content (AvgIpc) is 2.28. The van der Waals surface area contributed by atoms with Crippen LogP contribution in [-0.2, 0) is 14.3 Å². The number of carbonyl (C=O) groups is 2. The van der Waals surface area contributed by atoms with Crippen molar-refractivity contribution in [2.45, 2.75) is 45.2 Å². The zero-order chi connectivity index (χ0) is 12.8. The standard InChI is InChI=1S/C12H22N2O3/c1-9(8-12(16)17-3)14-6-4-11(5-7-14)13-10(2)15/h9,11H,4-8H2,1-3H3,(H,13,15). The molecule has 1 fully saturated rings. The molecule has 1 aliphatic rings. The molecule has 98 valence electrons. The second-order valence-corrected chi connectivity index (χ2v) is 4.64. The van der Waals surface area contributed by atoms with Gasteiger partial charge in [0.15, 0.2) is 0 Å². The first-order valence-electron chi connectivity index (χ1n) is 6.11. The van der Waals surface area contributed by atoms with Crippen LogP contribution in [0, 0.1) is 0 Å². The van der Waals surface area contributed by atoms with E-state index in [0.29, 0.717) is 6.42 Å². The van der Waals surface area contributed by atoms with Gasteiger partial charge in [0.25, 0.3) is 0 Å². The Morgan fingerprint density at radius 1 is 1.41 bits per heavy atom. The number of esters is 1. The lowest BCUT2D eigenvalue weighted by Gasteiger charge is -2.35. The van der Waals surface area contributed by atoms with Gasteiger partial charge in [0.05, 0.1) is 13.5 Å². The van der Waals surface area contributed by atoms with Gasteiger partial charge in [-0.05, 0) is 19.8 Å². The number of amides is 1. The van der Waals surface area contributed by atoms with Gasteiger partial charge in [-0.2, -0.15) is 0 Å². The van der Waals surface area contributed by atoms with E-state index in [4.69, 9.17) is 0 Å². The third-order valence-electron chi connectivity index (χ3n) is 3.25. The first kappa shape index (κ1) is 14.0. The highest BCUT2D eigenvalue weighted by Gasteiger charge is 2.24. The van der Waals surface area contributed by atoms with Crippen molar-refractivity contribution >= 4 is 11.9 Å². The number of piperidine rings is 1. The van der Waals surface area contributed by atoms with E-state index in [2.05, 4.69) is 15.0 Å². The summed E-state index contributed by atoms with van der Waals surface area (Å²) in [6.07, 6.45) is 2.33. The van der Waals surface area contributed by atoms with Crippen LogP contribution in [0.4, 0.5) is 0 Å². The van der Waals surface area contributed by atoms with Crippen molar-refractivity contribution in [2.75, 3.05) is 20.2 Å². The summed E-state index contributed by atoms with van der Waals surface area (Å²) in [6, 6.07) is 0.495. The molecule has 0 aromatic heterocycles. The molecule has 1 saturated heterocycles. The maximum atomic E-state index is 11.2. The van der Waals surface area contributed by atoms with E-state index >= 15 is 0 Å². The molecule has 5 heteroatoms. The molecule has 1 rings (SSSR count). The van der Waals surface area contributed by atoms with E-state index in [9.17, 15) is 9.59 Å². The topological polar surface area (TPSA) is 58.6 Å². The Balaban J connectivity index is 2.30. The van der Waals surface area contributed by atoms with Gasteiger partial charge >= 0.3 is 5.97 Å². The minimum Gasteiger partial charge on any atom is -0.469 e. The molecule has 1 heterocycles. The molecule has 1 amide bonds. The maximum absolute atomic E-state index is 11.2. The SMILES string of the molecule is COC(=O)CC(C)N1CCC(NC(C)=O)CC1. The van der Waals surface area contributed by atoms with E-state index in [1.807, 2.05) is 6.92 Å². The third kappa shape index (κ3) is 4.73. The van der Waals surface area contributed by atoms with Crippen LogP contribution in [0.3, 0.4) is 0 Å². The van der Waals surface area contributed by atoms with Crippen molar-refractivity contribution in [3.05, 3.63) is 0 Å². The maximum Gasteiger partial charge on any atom is 0.307 e. The summed E-state index contributed by atoms with van der Waals surface area (Å²) >= 11 is 0. The molecule has 5 nitrogen and oxygen atoms in total. The number of carbonyl (C=O) groups excluding carboxylic acids is 2. The molecule has 0 saturated carbocycles. The molecule has 0 spiro atoms. The Labute approximate surface area is 102 Å². The average molecular weight is 242 g/mol. The number of hydrogen-bond acceptors (Lipinski definition) is 4. The van der Waals surface area contributed by atoms with E-state index < -0.39 is 0 Å². The van der Waals surface area contributed by atoms with Gasteiger partial charge in [-0.15, -0.1) is 0 Å². The number of nitrogens with zero attached hydrogens (tertiary/aromatic N) is 1. The highest BCUT2D eigenvalue weighted by Crippen LogP contribution is 2.15. The Bertz CT molecular complexity index is 273. The highest BCUT2D eigenvalue weighted by molar-refractivity contribution is 5.73. The number of hydrogen-bond donors (Lipinski definition) is 1. The molecular formula is C12H22N2O3. The Morgan fingerprint density at radius 3 is 2.47 bits per heavy atom. The summed E-state index contributed by atoms with van der Waals surface area (Å²) in [5, 5.41) is 2.94. The lowest BCUT2D eigenvalue weighted by molar-refractivity contribution is -0.142. The Kier molecular flexibility index (Phi) is 5.41. The summed E-state index contributed by atoms with van der Waals surface area (Å²) in [4.78, 5) is 24.4. The normalized spacial score (nSPS) is 19.7.